The number of benzene rings is 2. The molecule has 0 atom stereocenters. The summed E-state index contributed by atoms with van der Waals surface area (Å²) >= 11 is 0. The molecule has 0 saturated carbocycles. The van der Waals surface area contributed by atoms with Crippen molar-refractivity contribution in [3.8, 4) is 28.6 Å². The summed E-state index contributed by atoms with van der Waals surface area (Å²) in [5.41, 5.74) is 0.208. The molecule has 6 nitrogen and oxygen atoms in total. The lowest BCUT2D eigenvalue weighted by Gasteiger charge is -2.22. The van der Waals surface area contributed by atoms with Crippen molar-refractivity contribution in [1.29, 1.82) is 0 Å². The van der Waals surface area contributed by atoms with Gasteiger partial charge in [-0.3, -0.25) is 0 Å². The lowest BCUT2D eigenvalue weighted by atomic mass is 10.1. The molecule has 0 amide bonds. The molecule has 0 spiro atoms. The van der Waals surface area contributed by atoms with Gasteiger partial charge in [0.15, 0.2) is 23.1 Å². The van der Waals surface area contributed by atoms with Crippen molar-refractivity contribution >= 4 is 14.0 Å². The number of hydrogen-bond acceptors (Lipinski definition) is 6. The Balaban J connectivity index is 1.48. The Morgan fingerprint density at radius 3 is 2.05 bits per heavy atom. The van der Waals surface area contributed by atoms with Crippen LogP contribution in [0.5, 0.6) is 17.2 Å². The molecule has 0 radical (unpaired) electrons. The Morgan fingerprint density at radius 2 is 1.35 bits per heavy atom. The van der Waals surface area contributed by atoms with Gasteiger partial charge < -0.3 is 14.2 Å². The lowest BCUT2D eigenvalue weighted by Crippen LogP contribution is -2.25. The van der Waals surface area contributed by atoms with Gasteiger partial charge in [-0.05, 0) is 49.2 Å². The molecule has 0 saturated heterocycles. The minimum absolute atomic E-state index is 0.183. The van der Waals surface area contributed by atoms with Crippen LogP contribution >= 0.6 is 0 Å². The molecule has 3 rings (SSSR count). The fourth-order valence-electron chi connectivity index (χ4n) is 4.76. The Labute approximate surface area is 256 Å². The smallest absolute Gasteiger partial charge is 0.346 e. The second-order valence-electron chi connectivity index (χ2n) is 11.7. The SMILES string of the molecule is CCCCCCCCOc1cnc(-c2ccc(OC(=O)c3ccc(OCCC[Si](C)(C)CCCC)c(F)c3F)cc2)nc1. The molecular formula is C34H46F2N2O4Si. The molecular weight excluding hydrogens is 566 g/mol. The standard InChI is InChI=1S/C34H46F2N2O4Si/c1-5-7-9-10-11-12-20-40-28-24-37-33(38-25-28)26-14-16-27(17-15-26)42-34(39)29-18-19-30(32(36)31(29)35)41-21-13-23-43(3,4)22-8-6-2/h14-19,24-25H,5-13,20-23H2,1-4H3. The van der Waals surface area contributed by atoms with Gasteiger partial charge in [-0.1, -0.05) is 84.0 Å². The predicted molar refractivity (Wildman–Crippen MR) is 170 cm³/mol. The Kier molecular flexibility index (Phi) is 14.1. The summed E-state index contributed by atoms with van der Waals surface area (Å²) < 4.78 is 46.0. The number of unbranched alkanes of at least 4 members (excludes halogenated alkanes) is 6. The second kappa shape index (κ2) is 17.7. The number of carbonyl (C=O) groups is 1. The van der Waals surface area contributed by atoms with Crippen molar-refractivity contribution in [3.63, 3.8) is 0 Å². The highest BCUT2D eigenvalue weighted by Gasteiger charge is 2.22. The molecule has 0 N–H and O–H groups in total. The molecule has 0 aliphatic rings. The van der Waals surface area contributed by atoms with Crippen molar-refractivity contribution in [2.75, 3.05) is 13.2 Å². The zero-order chi connectivity index (χ0) is 31.1. The Hall–Kier alpha value is -3.33. The van der Waals surface area contributed by atoms with Crippen LogP contribution in [0.1, 0.15) is 82.0 Å². The first-order chi connectivity index (χ1) is 20.7. The van der Waals surface area contributed by atoms with Gasteiger partial charge >= 0.3 is 5.97 Å². The predicted octanol–water partition coefficient (Wildman–Crippen LogP) is 9.66. The summed E-state index contributed by atoms with van der Waals surface area (Å²) in [6.45, 7) is 10.0. The van der Waals surface area contributed by atoms with E-state index in [9.17, 15) is 13.6 Å². The maximum atomic E-state index is 14.8. The number of aromatic nitrogens is 2. The first-order valence-corrected chi connectivity index (χ1v) is 19.0. The van der Waals surface area contributed by atoms with Gasteiger partial charge in [-0.15, -0.1) is 0 Å². The fraction of sp³-hybridized carbons (Fsp3) is 0.500. The molecule has 0 bridgehead atoms. The van der Waals surface area contributed by atoms with Crippen LogP contribution in [0.25, 0.3) is 11.4 Å². The van der Waals surface area contributed by atoms with E-state index in [1.807, 2.05) is 0 Å². The highest BCUT2D eigenvalue weighted by molar-refractivity contribution is 6.77. The van der Waals surface area contributed by atoms with Crippen LogP contribution in [0, 0.1) is 11.6 Å². The van der Waals surface area contributed by atoms with Crippen LogP contribution in [0.3, 0.4) is 0 Å². The van der Waals surface area contributed by atoms with Gasteiger partial charge in [0, 0.05) is 13.6 Å². The number of halogens is 2. The number of nitrogens with zero attached hydrogens (tertiary/aromatic N) is 2. The third-order valence-corrected chi connectivity index (χ3v) is 10.9. The molecule has 1 heterocycles. The summed E-state index contributed by atoms with van der Waals surface area (Å²) in [6, 6.07) is 11.3. The van der Waals surface area contributed by atoms with Crippen molar-refractivity contribution < 1.29 is 27.8 Å². The molecule has 9 heteroatoms. The summed E-state index contributed by atoms with van der Waals surface area (Å²) in [5.74, 6) is -2.40. The van der Waals surface area contributed by atoms with Gasteiger partial charge in [0.05, 0.1) is 31.2 Å². The van der Waals surface area contributed by atoms with E-state index >= 15 is 0 Å². The average Bonchev–Trinajstić information content (AvgIpc) is 3.00. The molecule has 43 heavy (non-hydrogen) atoms. The first-order valence-electron chi connectivity index (χ1n) is 15.6. The third kappa shape index (κ3) is 11.4. The Bertz CT molecular complexity index is 1270. The summed E-state index contributed by atoms with van der Waals surface area (Å²) in [6.07, 6.45) is 13.6. The average molecular weight is 613 g/mol. The van der Waals surface area contributed by atoms with E-state index in [4.69, 9.17) is 14.2 Å². The molecule has 3 aromatic rings. The number of esters is 1. The van der Waals surface area contributed by atoms with E-state index in [0.29, 0.717) is 30.4 Å². The van der Waals surface area contributed by atoms with Crippen LogP contribution in [0.4, 0.5) is 8.78 Å². The van der Waals surface area contributed by atoms with E-state index in [1.54, 1.807) is 36.7 Å². The number of carbonyl (C=O) groups excluding carboxylic acids is 1. The van der Waals surface area contributed by atoms with Crippen molar-refractivity contribution in [2.45, 2.75) is 96.8 Å². The van der Waals surface area contributed by atoms with Gasteiger partial charge in [-0.2, -0.15) is 4.39 Å². The molecule has 1 aromatic heterocycles. The maximum absolute atomic E-state index is 14.8. The highest BCUT2D eigenvalue weighted by Crippen LogP contribution is 2.26. The quantitative estimate of drug-likeness (QED) is 0.0581. The molecule has 0 aliphatic carbocycles. The highest BCUT2D eigenvalue weighted by atomic mass is 28.3. The van der Waals surface area contributed by atoms with Crippen LogP contribution in [-0.4, -0.2) is 37.2 Å². The summed E-state index contributed by atoms with van der Waals surface area (Å²) in [4.78, 5) is 21.3. The molecule has 0 fully saturated rings. The summed E-state index contributed by atoms with van der Waals surface area (Å²) in [5, 5.41) is 0. The molecule has 0 aliphatic heterocycles. The van der Waals surface area contributed by atoms with E-state index < -0.39 is 31.2 Å². The normalized spacial score (nSPS) is 11.4. The third-order valence-electron chi connectivity index (χ3n) is 7.45. The zero-order valence-corrected chi connectivity index (χ0v) is 27.1. The minimum Gasteiger partial charge on any atom is -0.490 e. The van der Waals surface area contributed by atoms with Gasteiger partial charge in [-0.25, -0.2) is 19.2 Å². The molecule has 0 unspecified atom stereocenters. The largest absolute Gasteiger partial charge is 0.490 e. The van der Waals surface area contributed by atoms with Crippen molar-refractivity contribution in [2.24, 2.45) is 0 Å². The van der Waals surface area contributed by atoms with E-state index in [0.717, 1.165) is 25.3 Å². The van der Waals surface area contributed by atoms with Crippen LogP contribution < -0.4 is 14.2 Å². The Morgan fingerprint density at radius 1 is 0.721 bits per heavy atom. The summed E-state index contributed by atoms with van der Waals surface area (Å²) in [7, 11) is -1.30. The second-order valence-corrected chi connectivity index (χ2v) is 17.1. The topological polar surface area (TPSA) is 70.5 Å². The van der Waals surface area contributed by atoms with Gasteiger partial charge in [0.2, 0.25) is 5.82 Å². The number of rotatable bonds is 19. The zero-order valence-electron chi connectivity index (χ0n) is 26.1. The van der Waals surface area contributed by atoms with E-state index in [2.05, 4.69) is 36.9 Å². The van der Waals surface area contributed by atoms with Crippen LogP contribution in [0.2, 0.25) is 25.2 Å². The lowest BCUT2D eigenvalue weighted by molar-refractivity contribution is 0.0728. The van der Waals surface area contributed by atoms with Crippen molar-refractivity contribution in [1.82, 2.24) is 9.97 Å². The van der Waals surface area contributed by atoms with E-state index in [-0.39, 0.29) is 11.5 Å². The van der Waals surface area contributed by atoms with Gasteiger partial charge in [0.1, 0.15) is 5.75 Å². The maximum Gasteiger partial charge on any atom is 0.346 e. The van der Waals surface area contributed by atoms with Crippen molar-refractivity contribution in [3.05, 3.63) is 66.0 Å². The number of ether oxygens (including phenoxy) is 3. The minimum atomic E-state index is -1.30. The van der Waals surface area contributed by atoms with Gasteiger partial charge in [0.25, 0.3) is 0 Å². The van der Waals surface area contributed by atoms with E-state index in [1.165, 1.54) is 56.7 Å². The van der Waals surface area contributed by atoms with Crippen LogP contribution in [0.15, 0.2) is 48.8 Å². The number of hydrogen-bond donors (Lipinski definition) is 0. The molecule has 2 aromatic carbocycles. The van der Waals surface area contributed by atoms with Crippen LogP contribution in [-0.2, 0) is 0 Å². The first kappa shape index (κ1) is 34.2. The fourth-order valence-corrected chi connectivity index (χ4v) is 7.42. The monoisotopic (exact) mass is 612 g/mol. The molecule has 234 valence electrons.